The highest BCUT2D eigenvalue weighted by Gasteiger charge is 2.41. The second-order valence-corrected chi connectivity index (χ2v) is 7.88. The van der Waals surface area contributed by atoms with E-state index in [0.717, 1.165) is 32.5 Å². The zero-order chi connectivity index (χ0) is 13.3. The van der Waals surface area contributed by atoms with E-state index in [1.165, 1.54) is 0 Å². The Balaban J connectivity index is 2.14. The van der Waals surface area contributed by atoms with Crippen LogP contribution in [-0.4, -0.2) is 74.5 Å². The Morgan fingerprint density at radius 3 is 2.56 bits per heavy atom. The van der Waals surface area contributed by atoms with Gasteiger partial charge in [0.15, 0.2) is 9.84 Å². The Hall–Kier alpha value is -0.170. The van der Waals surface area contributed by atoms with E-state index < -0.39 is 9.84 Å². The van der Waals surface area contributed by atoms with E-state index >= 15 is 0 Å². The lowest BCUT2D eigenvalue weighted by atomic mass is 10.1. The van der Waals surface area contributed by atoms with Crippen molar-refractivity contribution < 1.29 is 8.42 Å². The second kappa shape index (κ2) is 5.45. The molecular weight excluding hydrogens is 250 g/mol. The van der Waals surface area contributed by atoms with Gasteiger partial charge in [0, 0.05) is 31.2 Å². The topological polar surface area (TPSA) is 66.6 Å². The number of nitrogens with two attached hydrogens (primary N) is 1. The Bertz CT molecular complexity index is 385. The monoisotopic (exact) mass is 275 g/mol. The normalized spacial score (nSPS) is 38.7. The smallest absolute Gasteiger partial charge is 0.153 e. The maximum Gasteiger partial charge on any atom is 0.153 e. The van der Waals surface area contributed by atoms with Gasteiger partial charge in [0.2, 0.25) is 0 Å². The zero-order valence-electron chi connectivity index (χ0n) is 11.4. The van der Waals surface area contributed by atoms with Crippen LogP contribution < -0.4 is 5.73 Å². The molecule has 0 bridgehead atoms. The van der Waals surface area contributed by atoms with Gasteiger partial charge in [-0.25, -0.2) is 8.42 Å². The highest BCUT2D eigenvalue weighted by atomic mass is 32.2. The molecule has 0 saturated carbocycles. The van der Waals surface area contributed by atoms with Gasteiger partial charge >= 0.3 is 0 Å². The Kier molecular flexibility index (Phi) is 4.31. The molecule has 3 atom stereocenters. The lowest BCUT2D eigenvalue weighted by molar-refractivity contribution is 0.130. The van der Waals surface area contributed by atoms with Crippen molar-refractivity contribution in [3.63, 3.8) is 0 Å². The third kappa shape index (κ3) is 3.04. The van der Waals surface area contributed by atoms with Crippen molar-refractivity contribution >= 4 is 9.84 Å². The molecule has 2 fully saturated rings. The van der Waals surface area contributed by atoms with Crippen LogP contribution in [0.15, 0.2) is 0 Å². The Morgan fingerprint density at radius 1 is 1.28 bits per heavy atom. The van der Waals surface area contributed by atoms with Crippen LogP contribution in [0.4, 0.5) is 0 Å². The minimum atomic E-state index is -2.93. The number of rotatable bonds is 2. The standard InChI is InChI=1S/C12H25N3O2S/c1-3-10-7-14(2)5-4-6-15(10)12-9-18(16,17)8-11(12)13/h10-12H,3-9,13H2,1-2H3. The van der Waals surface area contributed by atoms with Crippen LogP contribution >= 0.6 is 0 Å². The number of likely N-dealkylation sites (N-methyl/N-ethyl adjacent to an activating group) is 1. The van der Waals surface area contributed by atoms with Crippen LogP contribution in [0, 0.1) is 0 Å². The first-order valence-corrected chi connectivity index (χ1v) is 8.65. The lowest BCUT2D eigenvalue weighted by Gasteiger charge is -2.36. The highest BCUT2D eigenvalue weighted by Crippen LogP contribution is 2.23. The molecule has 2 rings (SSSR count). The number of hydrogen-bond donors (Lipinski definition) is 1. The fourth-order valence-corrected chi connectivity index (χ4v) is 5.16. The summed E-state index contributed by atoms with van der Waals surface area (Å²) in [6.45, 7) is 5.24. The minimum absolute atomic E-state index is 0.0199. The molecule has 0 aromatic heterocycles. The van der Waals surface area contributed by atoms with E-state index in [1.54, 1.807) is 0 Å². The molecule has 106 valence electrons. The van der Waals surface area contributed by atoms with Gasteiger partial charge in [-0.05, 0) is 26.4 Å². The molecule has 5 nitrogen and oxygen atoms in total. The molecule has 0 radical (unpaired) electrons. The maximum atomic E-state index is 11.7. The molecule has 3 unspecified atom stereocenters. The molecule has 2 N–H and O–H groups in total. The molecule has 2 saturated heterocycles. The molecule has 18 heavy (non-hydrogen) atoms. The lowest BCUT2D eigenvalue weighted by Crippen LogP contribution is -2.53. The van der Waals surface area contributed by atoms with Gasteiger partial charge in [-0.15, -0.1) is 0 Å². The van der Waals surface area contributed by atoms with E-state index in [9.17, 15) is 8.42 Å². The van der Waals surface area contributed by atoms with E-state index in [2.05, 4.69) is 23.8 Å². The largest absolute Gasteiger partial charge is 0.325 e. The molecule has 0 aromatic rings. The van der Waals surface area contributed by atoms with Crippen LogP contribution in [0.3, 0.4) is 0 Å². The van der Waals surface area contributed by atoms with Crippen LogP contribution in [0.25, 0.3) is 0 Å². The first-order chi connectivity index (χ1) is 8.43. The van der Waals surface area contributed by atoms with Gasteiger partial charge in [-0.3, -0.25) is 4.90 Å². The van der Waals surface area contributed by atoms with Crippen molar-refractivity contribution in [2.45, 2.75) is 37.9 Å². The Labute approximate surface area is 110 Å². The summed E-state index contributed by atoms with van der Waals surface area (Å²) in [6, 6.07) is 0.237. The molecule has 0 aliphatic carbocycles. The Morgan fingerprint density at radius 2 is 2.00 bits per heavy atom. The van der Waals surface area contributed by atoms with Crippen LogP contribution in [-0.2, 0) is 9.84 Å². The summed E-state index contributed by atoms with van der Waals surface area (Å²) in [6.07, 6.45) is 2.14. The summed E-state index contributed by atoms with van der Waals surface area (Å²) < 4.78 is 23.4. The van der Waals surface area contributed by atoms with Gasteiger partial charge in [-0.1, -0.05) is 6.92 Å². The average Bonchev–Trinajstić information content (AvgIpc) is 2.46. The molecule has 2 aliphatic rings. The van der Waals surface area contributed by atoms with Crippen molar-refractivity contribution in [2.24, 2.45) is 5.73 Å². The van der Waals surface area contributed by atoms with Gasteiger partial charge in [-0.2, -0.15) is 0 Å². The molecule has 6 heteroatoms. The van der Waals surface area contributed by atoms with Crippen molar-refractivity contribution in [2.75, 3.05) is 38.2 Å². The third-order valence-electron chi connectivity index (χ3n) is 4.21. The molecule has 2 aliphatic heterocycles. The van der Waals surface area contributed by atoms with E-state index in [1.807, 2.05) is 0 Å². The summed E-state index contributed by atoms with van der Waals surface area (Å²) in [7, 11) is -0.795. The quantitative estimate of drug-likeness (QED) is 0.738. The molecule has 0 amide bonds. The predicted molar refractivity (Wildman–Crippen MR) is 73.3 cm³/mol. The SMILES string of the molecule is CCC1CN(C)CCCN1C1CS(=O)(=O)CC1N. The number of sulfone groups is 1. The minimum Gasteiger partial charge on any atom is -0.325 e. The fourth-order valence-electron chi connectivity index (χ4n) is 3.26. The number of hydrogen-bond acceptors (Lipinski definition) is 5. The van der Waals surface area contributed by atoms with Crippen molar-refractivity contribution in [3.8, 4) is 0 Å². The molecular formula is C12H25N3O2S. The fraction of sp³-hybridized carbons (Fsp3) is 1.00. The molecule has 0 aromatic carbocycles. The summed E-state index contributed by atoms with van der Waals surface area (Å²) >= 11 is 0. The van der Waals surface area contributed by atoms with Gasteiger partial charge < -0.3 is 10.6 Å². The number of nitrogens with zero attached hydrogens (tertiary/aromatic N) is 2. The summed E-state index contributed by atoms with van der Waals surface area (Å²) in [5.41, 5.74) is 6.05. The van der Waals surface area contributed by atoms with E-state index in [0.29, 0.717) is 6.04 Å². The van der Waals surface area contributed by atoms with Crippen LogP contribution in [0.2, 0.25) is 0 Å². The summed E-state index contributed by atoms with van der Waals surface area (Å²) in [5.74, 6) is 0.398. The summed E-state index contributed by atoms with van der Waals surface area (Å²) in [5, 5.41) is 0. The first-order valence-electron chi connectivity index (χ1n) is 6.83. The average molecular weight is 275 g/mol. The molecule has 2 heterocycles. The van der Waals surface area contributed by atoms with Gasteiger partial charge in [0.05, 0.1) is 11.5 Å². The summed E-state index contributed by atoms with van der Waals surface area (Å²) in [4.78, 5) is 4.70. The maximum absolute atomic E-state index is 11.7. The van der Waals surface area contributed by atoms with Crippen molar-refractivity contribution in [1.82, 2.24) is 9.80 Å². The predicted octanol–water partition coefficient (Wildman–Crippen LogP) is -0.473. The third-order valence-corrected chi connectivity index (χ3v) is 5.95. The van der Waals surface area contributed by atoms with Gasteiger partial charge in [0.25, 0.3) is 0 Å². The highest BCUT2D eigenvalue weighted by molar-refractivity contribution is 7.91. The molecule has 0 spiro atoms. The van der Waals surface area contributed by atoms with E-state index in [4.69, 9.17) is 5.73 Å². The zero-order valence-corrected chi connectivity index (χ0v) is 12.2. The van der Waals surface area contributed by atoms with Crippen molar-refractivity contribution in [1.29, 1.82) is 0 Å². The van der Waals surface area contributed by atoms with Crippen LogP contribution in [0.1, 0.15) is 19.8 Å². The van der Waals surface area contributed by atoms with Gasteiger partial charge in [0.1, 0.15) is 0 Å². The van der Waals surface area contributed by atoms with Crippen molar-refractivity contribution in [3.05, 3.63) is 0 Å². The van der Waals surface area contributed by atoms with E-state index in [-0.39, 0.29) is 23.6 Å². The second-order valence-electron chi connectivity index (χ2n) is 5.72. The first kappa shape index (κ1) is 14.2. The van der Waals surface area contributed by atoms with Crippen LogP contribution in [0.5, 0.6) is 0 Å².